The van der Waals surface area contributed by atoms with Crippen LogP contribution in [0.25, 0.3) is 0 Å². The van der Waals surface area contributed by atoms with Crippen LogP contribution >= 0.6 is 0 Å². The summed E-state index contributed by atoms with van der Waals surface area (Å²) in [5, 5.41) is 11.7. The quantitative estimate of drug-likeness (QED) is 0.876. The molecule has 1 fully saturated rings. The van der Waals surface area contributed by atoms with E-state index in [1.165, 1.54) is 19.3 Å². The van der Waals surface area contributed by atoms with Crippen LogP contribution in [-0.2, 0) is 17.8 Å². The number of aliphatic carboxylic acids is 1. The number of benzene rings is 1. The number of rotatable bonds is 5. The molecule has 1 saturated heterocycles. The molecule has 0 radical (unpaired) electrons. The lowest BCUT2D eigenvalue weighted by molar-refractivity contribution is -0.136. The van der Waals surface area contributed by atoms with Crippen molar-refractivity contribution in [2.45, 2.75) is 51.5 Å². The van der Waals surface area contributed by atoms with Crippen LogP contribution in [0.1, 0.15) is 49.7 Å². The van der Waals surface area contributed by atoms with Gasteiger partial charge in [-0.25, -0.2) is 4.79 Å². The van der Waals surface area contributed by atoms with Crippen LogP contribution in [0, 0.1) is 0 Å². The molecule has 1 aliphatic heterocycles. The van der Waals surface area contributed by atoms with Crippen molar-refractivity contribution in [3.05, 3.63) is 35.4 Å². The van der Waals surface area contributed by atoms with Crippen LogP contribution in [0.3, 0.4) is 0 Å². The van der Waals surface area contributed by atoms with E-state index in [0.29, 0.717) is 13.0 Å². The number of carboxylic acids is 1. The maximum atomic E-state index is 12.2. The van der Waals surface area contributed by atoms with Crippen molar-refractivity contribution in [3.63, 3.8) is 0 Å². The van der Waals surface area contributed by atoms with E-state index in [9.17, 15) is 9.59 Å². The van der Waals surface area contributed by atoms with Gasteiger partial charge in [-0.2, -0.15) is 0 Å². The lowest BCUT2D eigenvalue weighted by atomic mass is 10.1. The highest BCUT2D eigenvalue weighted by Crippen LogP contribution is 2.11. The number of hydrogen-bond donors (Lipinski definition) is 2. The standard InChI is InChI=1S/C18H26N2O3/c21-17(22)11-10-15-6-8-16(9-7-15)14-19-18(23)20-12-4-2-1-3-5-13-20/h6-9H,1-5,10-14H2,(H,19,23)(H,21,22). The zero-order chi connectivity index (χ0) is 16.5. The van der Waals surface area contributed by atoms with E-state index in [0.717, 1.165) is 37.1 Å². The summed E-state index contributed by atoms with van der Waals surface area (Å²) >= 11 is 0. The molecule has 0 bridgehead atoms. The molecule has 0 aliphatic carbocycles. The number of nitrogens with one attached hydrogen (secondary N) is 1. The first kappa shape index (κ1) is 17.3. The van der Waals surface area contributed by atoms with Gasteiger partial charge in [0.05, 0.1) is 0 Å². The largest absolute Gasteiger partial charge is 0.481 e. The highest BCUT2D eigenvalue weighted by atomic mass is 16.4. The van der Waals surface area contributed by atoms with E-state index < -0.39 is 5.97 Å². The number of urea groups is 1. The van der Waals surface area contributed by atoms with Crippen molar-refractivity contribution in [1.29, 1.82) is 0 Å². The minimum atomic E-state index is -0.783. The van der Waals surface area contributed by atoms with Gasteiger partial charge in [0.1, 0.15) is 0 Å². The average Bonchev–Trinajstić information content (AvgIpc) is 2.51. The van der Waals surface area contributed by atoms with Crippen LogP contribution < -0.4 is 5.32 Å². The van der Waals surface area contributed by atoms with Gasteiger partial charge in [0.2, 0.25) is 0 Å². The summed E-state index contributed by atoms with van der Waals surface area (Å²) in [5.41, 5.74) is 2.04. The monoisotopic (exact) mass is 318 g/mol. The third-order valence-corrected chi connectivity index (χ3v) is 4.24. The fourth-order valence-electron chi connectivity index (χ4n) is 2.82. The molecule has 5 heteroatoms. The summed E-state index contributed by atoms with van der Waals surface area (Å²) in [6, 6.07) is 7.78. The first-order valence-electron chi connectivity index (χ1n) is 8.47. The normalized spacial score (nSPS) is 15.6. The first-order chi connectivity index (χ1) is 11.1. The number of carbonyl (C=O) groups excluding carboxylic acids is 1. The number of carbonyl (C=O) groups is 2. The van der Waals surface area contributed by atoms with E-state index >= 15 is 0 Å². The molecule has 0 aromatic heterocycles. The van der Waals surface area contributed by atoms with Crippen LogP contribution in [0.4, 0.5) is 4.79 Å². The molecule has 1 aromatic rings. The van der Waals surface area contributed by atoms with Crippen molar-refractivity contribution in [2.24, 2.45) is 0 Å². The van der Waals surface area contributed by atoms with Gasteiger partial charge >= 0.3 is 12.0 Å². The molecule has 2 rings (SSSR count). The minimum Gasteiger partial charge on any atom is -0.481 e. The topological polar surface area (TPSA) is 69.6 Å². The predicted molar refractivity (Wildman–Crippen MR) is 89.3 cm³/mol. The molecular weight excluding hydrogens is 292 g/mol. The predicted octanol–water partition coefficient (Wildman–Crippen LogP) is 3.18. The number of nitrogens with zero attached hydrogens (tertiary/aromatic N) is 1. The maximum Gasteiger partial charge on any atom is 0.317 e. The Morgan fingerprint density at radius 3 is 2.13 bits per heavy atom. The van der Waals surface area contributed by atoms with E-state index in [2.05, 4.69) is 5.32 Å². The van der Waals surface area contributed by atoms with Gasteiger partial charge in [0.15, 0.2) is 0 Å². The molecule has 5 nitrogen and oxygen atoms in total. The molecule has 0 atom stereocenters. The second-order valence-electron chi connectivity index (χ2n) is 6.12. The Labute approximate surface area is 137 Å². The first-order valence-corrected chi connectivity index (χ1v) is 8.47. The molecule has 1 heterocycles. The fourth-order valence-corrected chi connectivity index (χ4v) is 2.82. The van der Waals surface area contributed by atoms with Crippen molar-refractivity contribution in [1.82, 2.24) is 10.2 Å². The van der Waals surface area contributed by atoms with Crippen LogP contribution in [0.5, 0.6) is 0 Å². The number of aryl methyl sites for hydroxylation is 1. The SMILES string of the molecule is O=C(O)CCc1ccc(CNC(=O)N2CCCCCCC2)cc1. The number of likely N-dealkylation sites (tertiary alicyclic amines) is 1. The summed E-state index contributed by atoms with van der Waals surface area (Å²) in [6.45, 7) is 2.20. The maximum absolute atomic E-state index is 12.2. The molecule has 2 N–H and O–H groups in total. The van der Waals surface area contributed by atoms with Gasteiger partial charge in [-0.3, -0.25) is 4.79 Å². The highest BCUT2D eigenvalue weighted by Gasteiger charge is 2.14. The van der Waals surface area contributed by atoms with Crippen molar-refractivity contribution < 1.29 is 14.7 Å². The molecule has 0 spiro atoms. The average molecular weight is 318 g/mol. The summed E-state index contributed by atoms with van der Waals surface area (Å²) in [7, 11) is 0. The number of hydrogen-bond acceptors (Lipinski definition) is 2. The summed E-state index contributed by atoms with van der Waals surface area (Å²) in [4.78, 5) is 24.7. The van der Waals surface area contributed by atoms with Crippen LogP contribution in [0.2, 0.25) is 0 Å². The molecular formula is C18H26N2O3. The molecule has 0 unspecified atom stereocenters. The van der Waals surface area contributed by atoms with Gasteiger partial charge in [0.25, 0.3) is 0 Å². The van der Waals surface area contributed by atoms with Gasteiger partial charge in [-0.15, -0.1) is 0 Å². The molecule has 0 saturated carbocycles. The Hall–Kier alpha value is -2.04. The second kappa shape index (κ2) is 9.18. The summed E-state index contributed by atoms with van der Waals surface area (Å²) in [6.07, 6.45) is 6.56. The number of carboxylic acid groups (broad SMARTS) is 1. The van der Waals surface area contributed by atoms with Gasteiger partial charge in [-0.1, -0.05) is 43.5 Å². The second-order valence-corrected chi connectivity index (χ2v) is 6.12. The summed E-state index contributed by atoms with van der Waals surface area (Å²) in [5.74, 6) is -0.783. The lowest BCUT2D eigenvalue weighted by Gasteiger charge is -2.25. The minimum absolute atomic E-state index is 0.0156. The van der Waals surface area contributed by atoms with Gasteiger partial charge < -0.3 is 15.3 Å². The molecule has 23 heavy (non-hydrogen) atoms. The van der Waals surface area contributed by atoms with E-state index in [-0.39, 0.29) is 12.5 Å². The van der Waals surface area contributed by atoms with Crippen LogP contribution in [-0.4, -0.2) is 35.1 Å². The van der Waals surface area contributed by atoms with Crippen LogP contribution in [0.15, 0.2) is 24.3 Å². The fraction of sp³-hybridized carbons (Fsp3) is 0.556. The van der Waals surface area contributed by atoms with E-state index in [4.69, 9.17) is 5.11 Å². The Kier molecular flexibility index (Phi) is 6.91. The van der Waals surface area contributed by atoms with Crippen molar-refractivity contribution in [3.8, 4) is 0 Å². The third-order valence-electron chi connectivity index (χ3n) is 4.24. The van der Waals surface area contributed by atoms with Crippen molar-refractivity contribution >= 4 is 12.0 Å². The van der Waals surface area contributed by atoms with Gasteiger partial charge in [0, 0.05) is 26.1 Å². The highest BCUT2D eigenvalue weighted by molar-refractivity contribution is 5.74. The zero-order valence-electron chi connectivity index (χ0n) is 13.6. The Morgan fingerprint density at radius 1 is 0.957 bits per heavy atom. The lowest BCUT2D eigenvalue weighted by Crippen LogP contribution is -2.41. The van der Waals surface area contributed by atoms with E-state index in [1.807, 2.05) is 29.2 Å². The number of amides is 2. The Bertz CT molecular complexity index is 506. The Morgan fingerprint density at radius 2 is 1.52 bits per heavy atom. The zero-order valence-corrected chi connectivity index (χ0v) is 13.6. The third kappa shape index (κ3) is 6.30. The summed E-state index contributed by atoms with van der Waals surface area (Å²) < 4.78 is 0. The van der Waals surface area contributed by atoms with E-state index in [1.54, 1.807) is 0 Å². The Balaban J connectivity index is 1.77. The van der Waals surface area contributed by atoms with Gasteiger partial charge in [-0.05, 0) is 30.4 Å². The molecule has 2 amide bonds. The van der Waals surface area contributed by atoms with Crippen molar-refractivity contribution in [2.75, 3.05) is 13.1 Å². The smallest absolute Gasteiger partial charge is 0.317 e. The molecule has 1 aromatic carbocycles. The molecule has 126 valence electrons. The molecule has 1 aliphatic rings.